The topological polar surface area (TPSA) is 75.6 Å². The van der Waals surface area contributed by atoms with Crippen molar-refractivity contribution in [1.29, 1.82) is 0 Å². The molecule has 0 saturated carbocycles. The summed E-state index contributed by atoms with van der Waals surface area (Å²) in [6, 6.07) is 10.7. The van der Waals surface area contributed by atoms with E-state index < -0.39 is 27.6 Å². The third-order valence-electron chi connectivity index (χ3n) is 5.68. The Hall–Kier alpha value is -3.25. The number of benzene rings is 2. The number of halogens is 4. The maximum Gasteiger partial charge on any atom is 0.416 e. The Morgan fingerprint density at radius 1 is 0.917 bits per heavy atom. The lowest BCUT2D eigenvalue weighted by atomic mass is 10.1. The van der Waals surface area contributed by atoms with E-state index in [4.69, 9.17) is 4.74 Å². The smallest absolute Gasteiger partial charge is 0.416 e. The van der Waals surface area contributed by atoms with E-state index in [2.05, 4.69) is 9.97 Å². The highest BCUT2D eigenvalue weighted by Gasteiger charge is 2.33. The van der Waals surface area contributed by atoms with Gasteiger partial charge in [0.05, 0.1) is 16.2 Å². The molecule has 192 valence electrons. The predicted octanol–water partition coefficient (Wildman–Crippen LogP) is 5.06. The number of alkyl halides is 3. The van der Waals surface area contributed by atoms with Gasteiger partial charge in [-0.25, -0.2) is 17.8 Å². The first-order chi connectivity index (χ1) is 16.9. The minimum absolute atomic E-state index is 0.0589. The maximum absolute atomic E-state index is 13.2. The molecule has 0 unspecified atom stereocenters. The highest BCUT2D eigenvalue weighted by atomic mass is 32.2. The van der Waals surface area contributed by atoms with Crippen molar-refractivity contribution in [2.24, 2.45) is 0 Å². The van der Waals surface area contributed by atoms with E-state index in [1.165, 1.54) is 28.6 Å². The molecule has 1 fully saturated rings. The molecule has 1 aromatic heterocycles. The first-order valence-corrected chi connectivity index (χ1v) is 12.6. The summed E-state index contributed by atoms with van der Waals surface area (Å²) >= 11 is 0. The number of aromatic nitrogens is 2. The Balaban J connectivity index is 1.49. The van der Waals surface area contributed by atoms with Crippen LogP contribution in [0.2, 0.25) is 0 Å². The zero-order valence-electron chi connectivity index (χ0n) is 19.5. The van der Waals surface area contributed by atoms with Crippen LogP contribution >= 0.6 is 0 Å². The number of hydrogen-bond donors (Lipinski definition) is 0. The van der Waals surface area contributed by atoms with Gasteiger partial charge in [-0.2, -0.15) is 22.5 Å². The summed E-state index contributed by atoms with van der Waals surface area (Å²) in [6.45, 7) is 4.68. The van der Waals surface area contributed by atoms with Gasteiger partial charge in [-0.1, -0.05) is 13.8 Å². The molecule has 12 heteroatoms. The Morgan fingerprint density at radius 2 is 1.53 bits per heavy atom. The first-order valence-electron chi connectivity index (χ1n) is 11.2. The average Bonchev–Trinajstić information content (AvgIpc) is 2.85. The molecule has 1 aliphatic rings. The number of piperazine rings is 1. The van der Waals surface area contributed by atoms with Gasteiger partial charge < -0.3 is 9.64 Å². The van der Waals surface area contributed by atoms with Crippen LogP contribution in [0.4, 0.5) is 23.5 Å². The van der Waals surface area contributed by atoms with Gasteiger partial charge >= 0.3 is 6.18 Å². The summed E-state index contributed by atoms with van der Waals surface area (Å²) < 4.78 is 84.6. The number of nitrogens with zero attached hydrogens (tertiary/aromatic N) is 4. The fourth-order valence-corrected chi connectivity index (χ4v) is 5.06. The molecule has 0 atom stereocenters. The standard InChI is InChI=1S/C24H24F4N4O3S/c1-16(2)21-15-22(35-19-7-5-18(25)6-8-19)30-23(29-21)31-11-13-32(14-12-31)36(33,34)20-9-3-17(4-10-20)24(26,27)28/h3-10,15-16H,11-14H2,1-2H3. The summed E-state index contributed by atoms with van der Waals surface area (Å²) in [4.78, 5) is 10.7. The van der Waals surface area contributed by atoms with E-state index in [1.54, 1.807) is 6.07 Å². The van der Waals surface area contributed by atoms with Gasteiger partial charge in [-0.3, -0.25) is 0 Å². The molecule has 1 saturated heterocycles. The molecule has 2 aromatic carbocycles. The summed E-state index contributed by atoms with van der Waals surface area (Å²) in [5.74, 6) is 0.713. The van der Waals surface area contributed by atoms with Crippen molar-refractivity contribution in [3.63, 3.8) is 0 Å². The third-order valence-corrected chi connectivity index (χ3v) is 7.59. The number of sulfonamides is 1. The van der Waals surface area contributed by atoms with Crippen molar-refractivity contribution in [1.82, 2.24) is 14.3 Å². The molecule has 1 aliphatic heterocycles. The van der Waals surface area contributed by atoms with E-state index in [-0.39, 0.29) is 42.9 Å². The average molecular weight is 525 g/mol. The minimum atomic E-state index is -4.54. The van der Waals surface area contributed by atoms with Crippen LogP contribution < -0.4 is 9.64 Å². The Labute approximate surface area is 206 Å². The lowest BCUT2D eigenvalue weighted by Crippen LogP contribution is -2.49. The molecular weight excluding hydrogens is 500 g/mol. The molecule has 0 spiro atoms. The fraction of sp³-hybridized carbons (Fsp3) is 0.333. The van der Waals surface area contributed by atoms with Crippen molar-refractivity contribution >= 4 is 16.0 Å². The van der Waals surface area contributed by atoms with E-state index in [0.717, 1.165) is 30.0 Å². The van der Waals surface area contributed by atoms with Gasteiger partial charge in [-0.15, -0.1) is 0 Å². The molecule has 2 heterocycles. The van der Waals surface area contributed by atoms with Crippen LogP contribution in [0.15, 0.2) is 59.5 Å². The zero-order chi connectivity index (χ0) is 26.1. The quantitative estimate of drug-likeness (QED) is 0.420. The van der Waals surface area contributed by atoms with Crippen LogP contribution in [0.1, 0.15) is 31.0 Å². The molecule has 0 bridgehead atoms. The molecule has 0 aliphatic carbocycles. The number of ether oxygens (including phenoxy) is 1. The van der Waals surface area contributed by atoms with E-state index in [9.17, 15) is 26.0 Å². The Bertz CT molecular complexity index is 1310. The molecule has 7 nitrogen and oxygen atoms in total. The number of rotatable bonds is 6. The van der Waals surface area contributed by atoms with Crippen LogP contribution in [0, 0.1) is 5.82 Å². The van der Waals surface area contributed by atoms with Crippen molar-refractivity contribution in [3.8, 4) is 11.6 Å². The monoisotopic (exact) mass is 524 g/mol. The highest BCUT2D eigenvalue weighted by molar-refractivity contribution is 7.89. The molecule has 36 heavy (non-hydrogen) atoms. The predicted molar refractivity (Wildman–Crippen MR) is 125 cm³/mol. The fourth-order valence-electron chi connectivity index (χ4n) is 3.64. The minimum Gasteiger partial charge on any atom is -0.439 e. The van der Waals surface area contributed by atoms with Gasteiger partial charge in [0.2, 0.25) is 21.9 Å². The molecule has 4 rings (SSSR count). The van der Waals surface area contributed by atoms with Crippen molar-refractivity contribution < 1.29 is 30.7 Å². The largest absolute Gasteiger partial charge is 0.439 e. The lowest BCUT2D eigenvalue weighted by molar-refractivity contribution is -0.137. The first kappa shape index (κ1) is 25.8. The van der Waals surface area contributed by atoms with Gasteiger partial charge in [0, 0.05) is 32.2 Å². The lowest BCUT2D eigenvalue weighted by Gasteiger charge is -2.34. The van der Waals surface area contributed by atoms with E-state index in [1.807, 2.05) is 18.7 Å². The van der Waals surface area contributed by atoms with E-state index >= 15 is 0 Å². The Kier molecular flexibility index (Phi) is 7.19. The summed E-state index contributed by atoms with van der Waals surface area (Å²) in [5.41, 5.74) is -0.191. The summed E-state index contributed by atoms with van der Waals surface area (Å²) in [6.07, 6.45) is -4.54. The molecule has 3 aromatic rings. The maximum atomic E-state index is 13.2. The Morgan fingerprint density at radius 3 is 2.08 bits per heavy atom. The van der Waals surface area contributed by atoms with Crippen LogP contribution in [0.5, 0.6) is 11.6 Å². The SMILES string of the molecule is CC(C)c1cc(Oc2ccc(F)cc2)nc(N2CCN(S(=O)(=O)c3ccc(C(F)(F)F)cc3)CC2)n1. The molecule has 0 radical (unpaired) electrons. The number of hydrogen-bond acceptors (Lipinski definition) is 6. The van der Waals surface area contributed by atoms with Gasteiger partial charge in [-0.05, 0) is 54.4 Å². The van der Waals surface area contributed by atoms with Crippen LogP contribution in [-0.2, 0) is 16.2 Å². The number of anilines is 1. The second kappa shape index (κ2) is 10.0. The highest BCUT2D eigenvalue weighted by Crippen LogP contribution is 2.31. The zero-order valence-corrected chi connectivity index (χ0v) is 20.4. The van der Waals surface area contributed by atoms with Gasteiger partial charge in [0.1, 0.15) is 11.6 Å². The van der Waals surface area contributed by atoms with Gasteiger partial charge in [0.25, 0.3) is 0 Å². The van der Waals surface area contributed by atoms with Crippen molar-refractivity contribution in [2.45, 2.75) is 30.8 Å². The molecular formula is C24H24F4N4O3S. The second-order valence-corrected chi connectivity index (χ2v) is 10.5. The van der Waals surface area contributed by atoms with Crippen LogP contribution in [-0.4, -0.2) is 48.9 Å². The second-order valence-electron chi connectivity index (χ2n) is 8.56. The normalized spacial score (nSPS) is 15.4. The van der Waals surface area contributed by atoms with Crippen molar-refractivity contribution in [3.05, 3.63) is 71.7 Å². The van der Waals surface area contributed by atoms with Gasteiger partial charge in [0.15, 0.2) is 0 Å². The van der Waals surface area contributed by atoms with Crippen molar-refractivity contribution in [2.75, 3.05) is 31.1 Å². The van der Waals surface area contributed by atoms with Crippen LogP contribution in [0.25, 0.3) is 0 Å². The summed E-state index contributed by atoms with van der Waals surface area (Å²) in [7, 11) is -3.96. The summed E-state index contributed by atoms with van der Waals surface area (Å²) in [5, 5.41) is 0. The van der Waals surface area contributed by atoms with Crippen LogP contribution in [0.3, 0.4) is 0 Å². The third kappa shape index (κ3) is 5.76. The van der Waals surface area contributed by atoms with E-state index in [0.29, 0.717) is 11.7 Å². The molecule has 0 N–H and O–H groups in total. The molecule has 0 amide bonds.